The number of alkyl carbamates (subject to hydrolysis) is 1. The zero-order chi connectivity index (χ0) is 18.2. The Hall–Kier alpha value is -2.09. The van der Waals surface area contributed by atoms with Crippen molar-refractivity contribution >= 4 is 34.7 Å². The number of aromatic nitrogens is 4. The Balaban J connectivity index is 1.64. The summed E-state index contributed by atoms with van der Waals surface area (Å²) in [5.41, 5.74) is 6.59. The summed E-state index contributed by atoms with van der Waals surface area (Å²) in [6.45, 7) is 5.56. The van der Waals surface area contributed by atoms with Crippen LogP contribution in [0.25, 0.3) is 11.2 Å². The number of carbonyl (C=O) groups excluding carboxylic acids is 1. The first-order chi connectivity index (χ1) is 11.7. The topological polar surface area (TPSA) is 108 Å². The largest absolute Gasteiger partial charge is 0.444 e. The van der Waals surface area contributed by atoms with Crippen LogP contribution >= 0.6 is 11.6 Å². The van der Waals surface area contributed by atoms with Crippen molar-refractivity contribution < 1.29 is 9.53 Å². The molecule has 1 aliphatic carbocycles. The number of ether oxygens (including phenoxy) is 1. The Labute approximate surface area is 151 Å². The quantitative estimate of drug-likeness (QED) is 0.791. The van der Waals surface area contributed by atoms with E-state index in [0.29, 0.717) is 11.2 Å². The molecule has 0 unspecified atom stereocenters. The van der Waals surface area contributed by atoms with Crippen LogP contribution in [0.1, 0.15) is 52.5 Å². The number of fused-ring (bicyclic) bond motifs is 1. The van der Waals surface area contributed by atoms with Crippen LogP contribution in [0.2, 0.25) is 5.28 Å². The van der Waals surface area contributed by atoms with Crippen molar-refractivity contribution in [2.75, 3.05) is 5.73 Å². The first-order valence-electron chi connectivity index (χ1n) is 8.38. The molecular weight excluding hydrogens is 344 g/mol. The molecule has 2 aromatic heterocycles. The van der Waals surface area contributed by atoms with Crippen molar-refractivity contribution in [1.29, 1.82) is 0 Å². The lowest BCUT2D eigenvalue weighted by Gasteiger charge is -2.30. The van der Waals surface area contributed by atoms with E-state index in [9.17, 15) is 4.79 Å². The highest BCUT2D eigenvalue weighted by Crippen LogP contribution is 2.31. The van der Waals surface area contributed by atoms with Crippen LogP contribution < -0.4 is 11.1 Å². The third-order valence-electron chi connectivity index (χ3n) is 4.23. The van der Waals surface area contributed by atoms with Gasteiger partial charge in [-0.3, -0.25) is 0 Å². The lowest BCUT2D eigenvalue weighted by atomic mass is 9.91. The highest BCUT2D eigenvalue weighted by molar-refractivity contribution is 6.28. The van der Waals surface area contributed by atoms with Crippen molar-refractivity contribution in [3.8, 4) is 0 Å². The molecule has 9 heteroatoms. The van der Waals surface area contributed by atoms with Crippen LogP contribution in [0.5, 0.6) is 0 Å². The summed E-state index contributed by atoms with van der Waals surface area (Å²) in [5, 5.41) is 3.06. The number of nitrogens with zero attached hydrogens (tertiary/aromatic N) is 4. The number of amides is 1. The van der Waals surface area contributed by atoms with Gasteiger partial charge in [0.15, 0.2) is 11.5 Å². The zero-order valence-corrected chi connectivity index (χ0v) is 15.4. The van der Waals surface area contributed by atoms with E-state index >= 15 is 0 Å². The fourth-order valence-corrected chi connectivity index (χ4v) is 3.32. The normalized spacial score (nSPS) is 21.3. The fraction of sp³-hybridized carbons (Fsp3) is 0.625. The van der Waals surface area contributed by atoms with Gasteiger partial charge >= 0.3 is 6.09 Å². The molecule has 1 saturated carbocycles. The smallest absolute Gasteiger partial charge is 0.407 e. The summed E-state index contributed by atoms with van der Waals surface area (Å²) < 4.78 is 7.32. The molecule has 2 aromatic rings. The maximum Gasteiger partial charge on any atom is 0.407 e. The van der Waals surface area contributed by atoms with Gasteiger partial charge in [-0.05, 0) is 58.1 Å². The average molecular weight is 367 g/mol. The molecule has 0 spiro atoms. The second-order valence-corrected chi connectivity index (χ2v) is 7.69. The number of carbonyl (C=O) groups is 1. The number of nitrogen functional groups attached to an aromatic ring is 1. The second kappa shape index (κ2) is 6.67. The molecule has 25 heavy (non-hydrogen) atoms. The van der Waals surface area contributed by atoms with E-state index in [4.69, 9.17) is 22.1 Å². The van der Waals surface area contributed by atoms with Gasteiger partial charge in [-0.15, -0.1) is 0 Å². The number of nitrogens with two attached hydrogens (primary N) is 1. The van der Waals surface area contributed by atoms with E-state index in [1.54, 1.807) is 6.33 Å². The number of anilines is 1. The van der Waals surface area contributed by atoms with Crippen LogP contribution in [0.4, 0.5) is 10.6 Å². The lowest BCUT2D eigenvalue weighted by molar-refractivity contribution is 0.0488. The first-order valence-corrected chi connectivity index (χ1v) is 8.76. The monoisotopic (exact) mass is 366 g/mol. The van der Waals surface area contributed by atoms with E-state index in [2.05, 4.69) is 20.3 Å². The van der Waals surface area contributed by atoms with E-state index in [-0.39, 0.29) is 29.3 Å². The van der Waals surface area contributed by atoms with Crippen LogP contribution in [0.15, 0.2) is 6.33 Å². The summed E-state index contributed by atoms with van der Waals surface area (Å²) in [6.07, 6.45) is 4.88. The van der Waals surface area contributed by atoms with Crippen molar-refractivity contribution in [1.82, 2.24) is 24.8 Å². The fourth-order valence-electron chi connectivity index (χ4n) is 3.15. The van der Waals surface area contributed by atoms with Gasteiger partial charge in [0.1, 0.15) is 11.1 Å². The van der Waals surface area contributed by atoms with Gasteiger partial charge in [-0.2, -0.15) is 9.97 Å². The van der Waals surface area contributed by atoms with E-state index in [0.717, 1.165) is 25.7 Å². The van der Waals surface area contributed by atoms with Gasteiger partial charge < -0.3 is 20.4 Å². The summed E-state index contributed by atoms with van der Waals surface area (Å²) in [7, 11) is 0. The van der Waals surface area contributed by atoms with Gasteiger partial charge in [-0.25, -0.2) is 9.78 Å². The van der Waals surface area contributed by atoms with E-state index < -0.39 is 5.60 Å². The molecule has 0 aliphatic heterocycles. The molecule has 3 N–H and O–H groups in total. The molecule has 0 atom stereocenters. The standard InChI is InChI=1S/C16H23ClN6O2/c1-16(2,3)25-15(24)20-9-4-6-10(7-5-9)23-8-19-11-12(18)21-14(17)22-13(11)23/h8-10H,4-7H2,1-3H3,(H,20,24)(H2,18,21,22)/t9-,10+. The third-order valence-corrected chi connectivity index (χ3v) is 4.40. The van der Waals surface area contributed by atoms with Crippen molar-refractivity contribution in [3.05, 3.63) is 11.6 Å². The van der Waals surface area contributed by atoms with Crippen molar-refractivity contribution in [2.24, 2.45) is 0 Å². The third kappa shape index (κ3) is 4.12. The molecular formula is C16H23ClN6O2. The Morgan fingerprint density at radius 3 is 2.64 bits per heavy atom. The molecule has 1 fully saturated rings. The van der Waals surface area contributed by atoms with Crippen molar-refractivity contribution in [2.45, 2.75) is 64.1 Å². The lowest BCUT2D eigenvalue weighted by Crippen LogP contribution is -2.41. The maximum absolute atomic E-state index is 11.9. The molecule has 1 amide bonds. The summed E-state index contributed by atoms with van der Waals surface area (Å²) in [6, 6.07) is 0.358. The SMILES string of the molecule is CC(C)(C)OC(=O)N[C@H]1CC[C@@H](n2cnc3c(N)nc(Cl)nc32)CC1. The number of hydrogen-bond acceptors (Lipinski definition) is 6. The molecule has 0 saturated heterocycles. The van der Waals surface area contributed by atoms with Crippen LogP contribution in [-0.4, -0.2) is 37.3 Å². The number of imidazole rings is 1. The van der Waals surface area contributed by atoms with Gasteiger partial charge in [0.2, 0.25) is 5.28 Å². The first kappa shape index (κ1) is 17.7. The zero-order valence-electron chi connectivity index (χ0n) is 14.6. The van der Waals surface area contributed by atoms with Crippen LogP contribution in [-0.2, 0) is 4.74 Å². The minimum atomic E-state index is -0.490. The van der Waals surface area contributed by atoms with Crippen molar-refractivity contribution in [3.63, 3.8) is 0 Å². The van der Waals surface area contributed by atoms with Gasteiger partial charge in [-0.1, -0.05) is 0 Å². The molecule has 3 rings (SSSR count). The predicted octanol–water partition coefficient (Wildman–Crippen LogP) is 3.07. The molecule has 1 aliphatic rings. The Bertz CT molecular complexity index is 777. The molecule has 0 aromatic carbocycles. The number of nitrogens with one attached hydrogen (secondary N) is 1. The number of halogens is 1. The summed E-state index contributed by atoms with van der Waals surface area (Å²) in [5.74, 6) is 0.286. The second-order valence-electron chi connectivity index (χ2n) is 7.35. The van der Waals surface area contributed by atoms with Crippen LogP contribution in [0.3, 0.4) is 0 Å². The van der Waals surface area contributed by atoms with Gasteiger partial charge in [0, 0.05) is 12.1 Å². The molecule has 136 valence electrons. The number of hydrogen-bond donors (Lipinski definition) is 2. The summed E-state index contributed by atoms with van der Waals surface area (Å²) >= 11 is 5.92. The highest BCUT2D eigenvalue weighted by Gasteiger charge is 2.27. The van der Waals surface area contributed by atoms with Gasteiger partial charge in [0.25, 0.3) is 0 Å². The molecule has 0 bridgehead atoms. The average Bonchev–Trinajstić information content (AvgIpc) is 2.90. The highest BCUT2D eigenvalue weighted by atomic mass is 35.5. The van der Waals surface area contributed by atoms with E-state index in [1.807, 2.05) is 25.3 Å². The Morgan fingerprint density at radius 1 is 1.32 bits per heavy atom. The summed E-state index contributed by atoms with van der Waals surface area (Å²) in [4.78, 5) is 24.4. The minimum absolute atomic E-state index is 0.115. The van der Waals surface area contributed by atoms with Crippen LogP contribution in [0, 0.1) is 0 Å². The molecule has 0 radical (unpaired) electrons. The molecule has 8 nitrogen and oxygen atoms in total. The Kier molecular flexibility index (Phi) is 4.73. The molecule has 2 heterocycles. The minimum Gasteiger partial charge on any atom is -0.444 e. The van der Waals surface area contributed by atoms with E-state index in [1.165, 1.54) is 0 Å². The maximum atomic E-state index is 11.9. The number of rotatable bonds is 2. The van der Waals surface area contributed by atoms with Gasteiger partial charge in [0.05, 0.1) is 6.33 Å². The predicted molar refractivity (Wildman–Crippen MR) is 95.4 cm³/mol. The Morgan fingerprint density at radius 2 is 2.00 bits per heavy atom.